The summed E-state index contributed by atoms with van der Waals surface area (Å²) in [4.78, 5) is 11.2. The largest absolute Gasteiger partial charge is 0.488 e. The van der Waals surface area contributed by atoms with Gasteiger partial charge >= 0.3 is 0 Å². The molecule has 1 unspecified atom stereocenters. The lowest BCUT2D eigenvalue weighted by Gasteiger charge is -2.07. The van der Waals surface area contributed by atoms with Crippen LogP contribution in [0.4, 0.5) is 0 Å². The second-order valence-electron chi connectivity index (χ2n) is 3.93. The molecule has 2 aromatic rings. The number of halogens is 1. The summed E-state index contributed by atoms with van der Waals surface area (Å²) in [6.07, 6.45) is 0. The number of rotatable bonds is 4. The molecule has 17 heavy (non-hydrogen) atoms. The second-order valence-corrected chi connectivity index (χ2v) is 4.68. The predicted octanol–water partition coefficient (Wildman–Crippen LogP) is 3.64. The minimum atomic E-state index is -0.0992. The van der Waals surface area contributed by atoms with Gasteiger partial charge in [-0.3, -0.25) is 4.79 Å². The number of ether oxygens (including phenoxy) is 1. The van der Waals surface area contributed by atoms with E-state index in [2.05, 4.69) is 0 Å². The second kappa shape index (κ2) is 4.80. The van der Waals surface area contributed by atoms with Gasteiger partial charge in [-0.15, -0.1) is 11.6 Å². The molecule has 0 fully saturated rings. The maximum absolute atomic E-state index is 11.2. The third-order valence-electron chi connectivity index (χ3n) is 2.32. The standard InChI is InChI=1S/C13H13ClO3/c1-8(14)7-16-11-5-3-4-10-6-12(9(2)15)17-13(10)11/h3-6,8H,7H2,1-2H3. The number of ketones is 1. The van der Waals surface area contributed by atoms with Crippen molar-refractivity contribution in [1.29, 1.82) is 0 Å². The third kappa shape index (κ3) is 2.61. The molecule has 0 aliphatic rings. The Kier molecular flexibility index (Phi) is 3.38. The number of Topliss-reactive ketones (excluding diaryl/α,β-unsaturated/α-hetero) is 1. The van der Waals surface area contributed by atoms with Gasteiger partial charge in [-0.25, -0.2) is 0 Å². The van der Waals surface area contributed by atoms with E-state index in [1.807, 2.05) is 19.1 Å². The molecular weight excluding hydrogens is 240 g/mol. The molecule has 2 rings (SSSR count). The van der Waals surface area contributed by atoms with Crippen LogP contribution in [0.5, 0.6) is 5.75 Å². The Labute approximate surface area is 104 Å². The number of furan rings is 1. The van der Waals surface area contributed by atoms with Crippen LogP contribution in [-0.4, -0.2) is 17.8 Å². The molecule has 3 nitrogen and oxygen atoms in total. The van der Waals surface area contributed by atoms with Crippen LogP contribution in [0.3, 0.4) is 0 Å². The summed E-state index contributed by atoms with van der Waals surface area (Å²) in [5.41, 5.74) is 0.593. The lowest BCUT2D eigenvalue weighted by molar-refractivity contribution is 0.0989. The molecule has 0 bridgehead atoms. The Morgan fingerprint density at radius 3 is 2.94 bits per heavy atom. The van der Waals surface area contributed by atoms with Gasteiger partial charge in [-0.1, -0.05) is 12.1 Å². The van der Waals surface area contributed by atoms with Crippen LogP contribution < -0.4 is 4.74 Å². The van der Waals surface area contributed by atoms with Crippen molar-refractivity contribution in [2.75, 3.05) is 6.61 Å². The lowest BCUT2D eigenvalue weighted by atomic mass is 10.2. The molecule has 0 aliphatic heterocycles. The molecule has 4 heteroatoms. The van der Waals surface area contributed by atoms with E-state index in [9.17, 15) is 4.79 Å². The minimum Gasteiger partial charge on any atom is -0.488 e. The van der Waals surface area contributed by atoms with E-state index in [0.717, 1.165) is 5.39 Å². The van der Waals surface area contributed by atoms with Gasteiger partial charge in [0.15, 0.2) is 22.9 Å². The first-order valence-electron chi connectivity index (χ1n) is 5.38. The van der Waals surface area contributed by atoms with E-state index in [1.54, 1.807) is 12.1 Å². The number of para-hydroxylation sites is 1. The molecule has 0 spiro atoms. The molecule has 0 radical (unpaired) electrons. The Bertz CT molecular complexity index is 543. The highest BCUT2D eigenvalue weighted by atomic mass is 35.5. The average Bonchev–Trinajstić information content (AvgIpc) is 2.70. The van der Waals surface area contributed by atoms with Gasteiger partial charge < -0.3 is 9.15 Å². The highest BCUT2D eigenvalue weighted by Gasteiger charge is 2.12. The summed E-state index contributed by atoms with van der Waals surface area (Å²) < 4.78 is 11.0. The quantitative estimate of drug-likeness (QED) is 0.616. The van der Waals surface area contributed by atoms with Crippen molar-refractivity contribution < 1.29 is 13.9 Å². The highest BCUT2D eigenvalue weighted by Crippen LogP contribution is 2.29. The summed E-state index contributed by atoms with van der Waals surface area (Å²) in [6.45, 7) is 3.72. The van der Waals surface area contributed by atoms with Crippen LogP contribution in [0.1, 0.15) is 24.4 Å². The van der Waals surface area contributed by atoms with Crippen LogP contribution in [0, 0.1) is 0 Å². The van der Waals surface area contributed by atoms with E-state index >= 15 is 0 Å². The predicted molar refractivity (Wildman–Crippen MR) is 67.0 cm³/mol. The summed E-state index contributed by atoms with van der Waals surface area (Å²) >= 11 is 5.82. The maximum Gasteiger partial charge on any atom is 0.194 e. The minimum absolute atomic E-state index is 0.0764. The Morgan fingerprint density at radius 1 is 1.53 bits per heavy atom. The molecule has 1 aromatic heterocycles. The molecule has 1 atom stereocenters. The van der Waals surface area contributed by atoms with Gasteiger partial charge in [0.05, 0.1) is 5.38 Å². The Hall–Kier alpha value is -1.48. The van der Waals surface area contributed by atoms with Crippen molar-refractivity contribution in [2.45, 2.75) is 19.2 Å². The topological polar surface area (TPSA) is 39.4 Å². The van der Waals surface area contributed by atoms with E-state index in [4.69, 9.17) is 20.8 Å². The number of hydrogen-bond donors (Lipinski definition) is 0. The number of alkyl halides is 1. The van der Waals surface area contributed by atoms with Crippen molar-refractivity contribution in [2.24, 2.45) is 0 Å². The van der Waals surface area contributed by atoms with Crippen molar-refractivity contribution >= 4 is 28.4 Å². The van der Waals surface area contributed by atoms with E-state index in [1.165, 1.54) is 6.92 Å². The van der Waals surface area contributed by atoms with Crippen LogP contribution in [0.25, 0.3) is 11.0 Å². The maximum atomic E-state index is 11.2. The van der Waals surface area contributed by atoms with Crippen molar-refractivity contribution in [1.82, 2.24) is 0 Å². The van der Waals surface area contributed by atoms with Crippen molar-refractivity contribution in [3.63, 3.8) is 0 Å². The molecule has 0 saturated carbocycles. The third-order valence-corrected chi connectivity index (χ3v) is 2.45. The normalized spacial score (nSPS) is 12.6. The summed E-state index contributed by atoms with van der Waals surface area (Å²) in [5, 5.41) is 0.780. The van der Waals surface area contributed by atoms with Crippen molar-refractivity contribution in [3.8, 4) is 5.75 Å². The van der Waals surface area contributed by atoms with E-state index in [-0.39, 0.29) is 11.2 Å². The molecule has 0 aliphatic carbocycles. The van der Waals surface area contributed by atoms with Crippen LogP contribution in [0.2, 0.25) is 0 Å². The molecule has 1 heterocycles. The zero-order valence-electron chi connectivity index (χ0n) is 9.70. The van der Waals surface area contributed by atoms with E-state index < -0.39 is 0 Å². The van der Waals surface area contributed by atoms with Crippen molar-refractivity contribution in [3.05, 3.63) is 30.0 Å². The number of hydrogen-bond acceptors (Lipinski definition) is 3. The van der Waals surface area contributed by atoms with E-state index in [0.29, 0.717) is 23.7 Å². The molecule has 1 aromatic carbocycles. The zero-order valence-corrected chi connectivity index (χ0v) is 10.5. The molecular formula is C13H13ClO3. The monoisotopic (exact) mass is 252 g/mol. The fourth-order valence-electron chi connectivity index (χ4n) is 1.53. The molecule has 0 saturated heterocycles. The Morgan fingerprint density at radius 2 is 2.29 bits per heavy atom. The smallest absolute Gasteiger partial charge is 0.194 e. The summed E-state index contributed by atoms with van der Waals surface area (Å²) in [6, 6.07) is 7.25. The summed E-state index contributed by atoms with van der Waals surface area (Å²) in [7, 11) is 0. The number of fused-ring (bicyclic) bond motifs is 1. The molecule has 0 N–H and O–H groups in total. The fraction of sp³-hybridized carbons (Fsp3) is 0.308. The highest BCUT2D eigenvalue weighted by molar-refractivity contribution is 6.20. The van der Waals surface area contributed by atoms with Crippen LogP contribution in [-0.2, 0) is 0 Å². The van der Waals surface area contributed by atoms with Gasteiger partial charge in [0.1, 0.15) is 6.61 Å². The fourth-order valence-corrected chi connectivity index (χ4v) is 1.59. The average molecular weight is 253 g/mol. The van der Waals surface area contributed by atoms with Gasteiger partial charge in [0.25, 0.3) is 0 Å². The van der Waals surface area contributed by atoms with Gasteiger partial charge in [0, 0.05) is 12.3 Å². The lowest BCUT2D eigenvalue weighted by Crippen LogP contribution is -2.07. The number of carbonyl (C=O) groups excluding carboxylic acids is 1. The van der Waals surface area contributed by atoms with Gasteiger partial charge in [0.2, 0.25) is 0 Å². The first-order valence-corrected chi connectivity index (χ1v) is 5.82. The Balaban J connectivity index is 2.38. The van der Waals surface area contributed by atoms with Gasteiger partial charge in [-0.05, 0) is 19.1 Å². The number of carbonyl (C=O) groups is 1. The van der Waals surface area contributed by atoms with Gasteiger partial charge in [-0.2, -0.15) is 0 Å². The first kappa shape index (κ1) is 12.0. The molecule has 0 amide bonds. The summed E-state index contributed by atoms with van der Waals surface area (Å²) in [5.74, 6) is 0.857. The zero-order chi connectivity index (χ0) is 12.4. The first-order chi connectivity index (χ1) is 8.08. The van der Waals surface area contributed by atoms with Crippen LogP contribution in [0.15, 0.2) is 28.7 Å². The van der Waals surface area contributed by atoms with Crippen LogP contribution >= 0.6 is 11.6 Å². The SMILES string of the molecule is CC(=O)c1cc2cccc(OCC(C)Cl)c2o1. The molecule has 90 valence electrons. The number of benzene rings is 1.